The Morgan fingerprint density at radius 2 is 1.63 bits per heavy atom. The average molecular weight is 390 g/mol. The summed E-state index contributed by atoms with van der Waals surface area (Å²) in [5, 5.41) is 8.99. The van der Waals surface area contributed by atoms with Crippen molar-refractivity contribution in [3.05, 3.63) is 53.8 Å². The molecule has 3 aromatic rings. The van der Waals surface area contributed by atoms with Gasteiger partial charge in [0, 0.05) is 16.5 Å². The summed E-state index contributed by atoms with van der Waals surface area (Å²) in [5.74, 6) is -1.85. The fourth-order valence-electron chi connectivity index (χ4n) is 2.80. The summed E-state index contributed by atoms with van der Waals surface area (Å²) in [6.45, 7) is 0. The van der Waals surface area contributed by atoms with Crippen LogP contribution in [0.1, 0.15) is 17.4 Å². The summed E-state index contributed by atoms with van der Waals surface area (Å²) >= 11 is 0. The second kappa shape index (κ2) is 6.49. The van der Waals surface area contributed by atoms with Crippen LogP contribution >= 0.6 is 0 Å². The summed E-state index contributed by atoms with van der Waals surface area (Å²) in [6.07, 6.45) is -13.9. The molecule has 3 nitrogen and oxygen atoms in total. The predicted octanol–water partition coefficient (Wildman–Crippen LogP) is 5.72. The number of alkyl halides is 6. The van der Waals surface area contributed by atoms with Gasteiger partial charge < -0.3 is 14.3 Å². The van der Waals surface area contributed by atoms with Crippen LogP contribution in [0.2, 0.25) is 0 Å². The molecule has 144 valence electrons. The fraction of sp³-hybridized carbons (Fsp3) is 0.222. The molecular weight excluding hydrogens is 378 g/mol. The lowest BCUT2D eigenvalue weighted by molar-refractivity contribution is -0.210. The van der Waals surface area contributed by atoms with Gasteiger partial charge in [-0.3, -0.25) is 0 Å². The maximum atomic E-state index is 13.2. The van der Waals surface area contributed by atoms with E-state index in [1.807, 2.05) is 0 Å². The van der Waals surface area contributed by atoms with Crippen LogP contribution in [0.5, 0.6) is 5.75 Å². The van der Waals surface area contributed by atoms with Crippen molar-refractivity contribution in [3.8, 4) is 16.9 Å². The molecule has 0 saturated carbocycles. The molecule has 3 rings (SSSR count). The first-order valence-electron chi connectivity index (χ1n) is 7.56. The van der Waals surface area contributed by atoms with E-state index in [0.29, 0.717) is 11.1 Å². The number of fused-ring (bicyclic) bond motifs is 1. The molecule has 0 fully saturated rings. The van der Waals surface area contributed by atoms with Crippen LogP contribution < -0.4 is 4.74 Å². The molecule has 1 atom stereocenters. The normalized spacial score (nSPS) is 13.8. The van der Waals surface area contributed by atoms with Crippen LogP contribution in [0.25, 0.3) is 22.1 Å². The zero-order valence-corrected chi connectivity index (χ0v) is 13.7. The number of hydrogen-bond acceptors (Lipinski definition) is 3. The number of aliphatic hydroxyl groups is 1. The quantitative estimate of drug-likeness (QED) is 0.582. The predicted molar refractivity (Wildman–Crippen MR) is 84.2 cm³/mol. The first kappa shape index (κ1) is 19.1. The van der Waals surface area contributed by atoms with Crippen LogP contribution in [0.15, 0.2) is 46.9 Å². The third kappa shape index (κ3) is 3.46. The summed E-state index contributed by atoms with van der Waals surface area (Å²) in [4.78, 5) is 0. The van der Waals surface area contributed by atoms with Crippen molar-refractivity contribution < 1.29 is 40.6 Å². The van der Waals surface area contributed by atoms with Crippen LogP contribution in [-0.2, 0) is 6.18 Å². The molecule has 1 N–H and O–H groups in total. The molecule has 1 unspecified atom stereocenters. The number of methoxy groups -OCH3 is 1. The van der Waals surface area contributed by atoms with E-state index in [1.54, 1.807) is 30.3 Å². The minimum atomic E-state index is -5.30. The molecule has 2 aromatic carbocycles. The van der Waals surface area contributed by atoms with Crippen molar-refractivity contribution in [2.24, 2.45) is 0 Å². The van der Waals surface area contributed by atoms with Crippen molar-refractivity contribution in [1.82, 2.24) is 0 Å². The Bertz CT molecular complexity index is 957. The maximum Gasteiger partial charge on any atom is 0.449 e. The minimum Gasteiger partial charge on any atom is -0.496 e. The lowest BCUT2D eigenvalue weighted by Gasteiger charge is -2.16. The molecule has 1 aromatic heterocycles. The smallest absolute Gasteiger partial charge is 0.449 e. The first-order chi connectivity index (χ1) is 12.5. The average Bonchev–Trinajstić information content (AvgIpc) is 2.98. The molecule has 1 heterocycles. The van der Waals surface area contributed by atoms with Gasteiger partial charge in [-0.05, 0) is 17.7 Å². The Labute approximate surface area is 148 Å². The molecule has 0 saturated heterocycles. The van der Waals surface area contributed by atoms with Crippen LogP contribution in [0.3, 0.4) is 0 Å². The second-order valence-electron chi connectivity index (χ2n) is 5.70. The summed E-state index contributed by atoms with van der Waals surface area (Å²) in [5.41, 5.74) is -0.927. The molecule has 9 heteroatoms. The lowest BCUT2D eigenvalue weighted by Crippen LogP contribution is -2.22. The number of benzene rings is 2. The van der Waals surface area contributed by atoms with E-state index in [2.05, 4.69) is 0 Å². The largest absolute Gasteiger partial charge is 0.496 e. The van der Waals surface area contributed by atoms with Crippen LogP contribution in [0.4, 0.5) is 26.3 Å². The number of furan rings is 1. The van der Waals surface area contributed by atoms with Gasteiger partial charge in [0.2, 0.25) is 5.76 Å². The van der Waals surface area contributed by atoms with Gasteiger partial charge in [0.05, 0.1) is 7.11 Å². The van der Waals surface area contributed by atoms with Gasteiger partial charge in [0.1, 0.15) is 11.3 Å². The number of halogens is 6. The topological polar surface area (TPSA) is 42.6 Å². The molecule has 0 radical (unpaired) electrons. The van der Waals surface area contributed by atoms with Crippen molar-refractivity contribution >= 4 is 11.0 Å². The van der Waals surface area contributed by atoms with Gasteiger partial charge >= 0.3 is 12.4 Å². The number of rotatable bonds is 3. The summed E-state index contributed by atoms with van der Waals surface area (Å²) in [7, 11) is 1.23. The third-order valence-electron chi connectivity index (χ3n) is 3.97. The summed E-state index contributed by atoms with van der Waals surface area (Å²) in [6, 6.07) is 10.6. The number of hydrogen-bond donors (Lipinski definition) is 1. The van der Waals surface area contributed by atoms with E-state index in [-0.39, 0.29) is 5.75 Å². The van der Waals surface area contributed by atoms with E-state index in [9.17, 15) is 31.4 Å². The van der Waals surface area contributed by atoms with Gasteiger partial charge in [-0.2, -0.15) is 26.3 Å². The highest BCUT2D eigenvalue weighted by atomic mass is 19.4. The van der Waals surface area contributed by atoms with Crippen LogP contribution in [0, 0.1) is 0 Å². The van der Waals surface area contributed by atoms with Crippen molar-refractivity contribution in [2.45, 2.75) is 18.5 Å². The molecular formula is C18H12F6O3. The van der Waals surface area contributed by atoms with Crippen molar-refractivity contribution in [2.75, 3.05) is 7.11 Å². The molecule has 0 aliphatic rings. The first-order valence-corrected chi connectivity index (χ1v) is 7.56. The highest BCUT2D eigenvalue weighted by Gasteiger charge is 2.48. The molecule has 0 spiro atoms. The zero-order chi connectivity index (χ0) is 20.0. The number of aliphatic hydroxyl groups excluding tert-OH is 1. The van der Waals surface area contributed by atoms with E-state index in [4.69, 9.17) is 9.15 Å². The monoisotopic (exact) mass is 390 g/mol. The van der Waals surface area contributed by atoms with Gasteiger partial charge in [0.15, 0.2) is 6.10 Å². The van der Waals surface area contributed by atoms with E-state index >= 15 is 0 Å². The lowest BCUT2D eigenvalue weighted by atomic mass is 9.99. The Morgan fingerprint density at radius 3 is 2.15 bits per heavy atom. The van der Waals surface area contributed by atoms with Crippen molar-refractivity contribution in [1.29, 1.82) is 0 Å². The standard InChI is InChI=1S/C18H12F6O3/c1-26-12-8-11-13(7-10(12)9-5-3-2-4-6-9)27-16(18(22,23)24)14(11)15(25)17(19,20)21/h2-8,15,25H,1H3. The highest BCUT2D eigenvalue weighted by Crippen LogP contribution is 2.47. The minimum absolute atomic E-state index is 0.0406. The third-order valence-corrected chi connectivity index (χ3v) is 3.97. The Balaban J connectivity index is 2.34. The molecule has 0 bridgehead atoms. The van der Waals surface area contributed by atoms with Gasteiger partial charge in [0.25, 0.3) is 0 Å². The molecule has 0 amide bonds. The zero-order valence-electron chi connectivity index (χ0n) is 13.7. The second-order valence-corrected chi connectivity index (χ2v) is 5.70. The maximum absolute atomic E-state index is 13.2. The van der Waals surface area contributed by atoms with Gasteiger partial charge in [-0.1, -0.05) is 30.3 Å². The SMILES string of the molecule is COc1cc2c(C(O)C(F)(F)F)c(C(F)(F)F)oc2cc1-c1ccccc1. The van der Waals surface area contributed by atoms with Crippen molar-refractivity contribution in [3.63, 3.8) is 0 Å². The fourth-order valence-corrected chi connectivity index (χ4v) is 2.80. The number of ether oxygens (including phenoxy) is 1. The van der Waals surface area contributed by atoms with E-state index in [1.165, 1.54) is 7.11 Å². The summed E-state index contributed by atoms with van der Waals surface area (Å²) < 4.78 is 88.4. The Morgan fingerprint density at radius 1 is 1.00 bits per heavy atom. The van der Waals surface area contributed by atoms with Gasteiger partial charge in [-0.15, -0.1) is 0 Å². The Hall–Kier alpha value is -2.68. The molecule has 0 aliphatic carbocycles. The van der Waals surface area contributed by atoms with Crippen LogP contribution in [-0.4, -0.2) is 18.4 Å². The molecule has 0 aliphatic heterocycles. The van der Waals surface area contributed by atoms with E-state index < -0.39 is 40.7 Å². The van der Waals surface area contributed by atoms with Gasteiger partial charge in [-0.25, -0.2) is 0 Å². The van der Waals surface area contributed by atoms with E-state index in [0.717, 1.165) is 12.1 Å². The Kier molecular flexibility index (Phi) is 4.59. The molecule has 27 heavy (non-hydrogen) atoms. The highest BCUT2D eigenvalue weighted by molar-refractivity contribution is 5.90.